The van der Waals surface area contributed by atoms with Crippen molar-refractivity contribution >= 4 is 5.71 Å². The van der Waals surface area contributed by atoms with E-state index >= 15 is 0 Å². The molecule has 2 aliphatic rings. The van der Waals surface area contributed by atoms with E-state index in [0.717, 1.165) is 18.4 Å². The highest BCUT2D eigenvalue weighted by atomic mass is 14.8. The first-order valence-corrected chi connectivity index (χ1v) is 4.91. The first-order valence-electron chi connectivity index (χ1n) is 4.91. The molecule has 0 saturated heterocycles. The number of nitrogens with zero attached hydrogens (tertiary/aromatic N) is 1. The second-order valence-electron chi connectivity index (χ2n) is 3.99. The molecule has 0 aromatic heterocycles. The van der Waals surface area contributed by atoms with Crippen LogP contribution in [-0.2, 0) is 0 Å². The third-order valence-electron chi connectivity index (χ3n) is 3.21. The van der Waals surface area contributed by atoms with E-state index in [9.17, 15) is 0 Å². The molecule has 0 radical (unpaired) electrons. The molecule has 0 aromatic carbocycles. The van der Waals surface area contributed by atoms with Crippen molar-refractivity contribution in [2.45, 2.75) is 39.0 Å². The van der Waals surface area contributed by atoms with Gasteiger partial charge < -0.3 is 0 Å². The van der Waals surface area contributed by atoms with Gasteiger partial charge in [0.05, 0.1) is 0 Å². The van der Waals surface area contributed by atoms with Gasteiger partial charge in [-0.2, -0.15) is 0 Å². The van der Waals surface area contributed by atoms with Gasteiger partial charge in [-0.3, -0.25) is 4.99 Å². The summed E-state index contributed by atoms with van der Waals surface area (Å²) in [6.45, 7) is 3.50. The monoisotopic (exact) mass is 151 g/mol. The van der Waals surface area contributed by atoms with E-state index in [1.807, 2.05) is 0 Å². The van der Waals surface area contributed by atoms with Gasteiger partial charge in [0, 0.05) is 12.3 Å². The molecule has 0 amide bonds. The van der Waals surface area contributed by atoms with E-state index in [4.69, 9.17) is 0 Å². The molecule has 1 nitrogen and oxygen atoms in total. The highest BCUT2D eigenvalue weighted by Gasteiger charge is 2.27. The summed E-state index contributed by atoms with van der Waals surface area (Å²) in [5.41, 5.74) is 1.55. The molecule has 2 rings (SSSR count). The maximum Gasteiger partial charge on any atom is 0.0391 e. The van der Waals surface area contributed by atoms with Crippen molar-refractivity contribution < 1.29 is 0 Å². The predicted molar refractivity (Wildman–Crippen MR) is 48.0 cm³/mol. The summed E-state index contributed by atoms with van der Waals surface area (Å²) in [6.07, 6.45) is 6.87. The van der Waals surface area contributed by atoms with Crippen LogP contribution in [0.2, 0.25) is 0 Å². The van der Waals surface area contributed by atoms with E-state index in [2.05, 4.69) is 11.9 Å². The Morgan fingerprint density at radius 3 is 3.00 bits per heavy atom. The first-order chi connectivity index (χ1) is 5.38. The van der Waals surface area contributed by atoms with Crippen LogP contribution in [0.25, 0.3) is 0 Å². The predicted octanol–water partition coefficient (Wildman–Crippen LogP) is 2.66. The van der Waals surface area contributed by atoms with Crippen molar-refractivity contribution in [1.82, 2.24) is 0 Å². The van der Waals surface area contributed by atoms with Crippen molar-refractivity contribution in [2.75, 3.05) is 6.54 Å². The van der Waals surface area contributed by atoms with Crippen LogP contribution in [0.4, 0.5) is 0 Å². The van der Waals surface area contributed by atoms with Crippen molar-refractivity contribution in [1.29, 1.82) is 0 Å². The standard InChI is InChI=1S/C10H17N/c1-8-6-7-11-10-5-3-2-4-9(8)10/h8-9H,2-7H2,1H3/t8-,9+/m0/s1. The fourth-order valence-corrected chi connectivity index (χ4v) is 2.44. The summed E-state index contributed by atoms with van der Waals surface area (Å²) in [5.74, 6) is 1.79. The molecule has 0 spiro atoms. The minimum absolute atomic E-state index is 0.873. The van der Waals surface area contributed by atoms with Crippen LogP contribution in [0.15, 0.2) is 4.99 Å². The molecule has 11 heavy (non-hydrogen) atoms. The maximum absolute atomic E-state index is 4.62. The summed E-state index contributed by atoms with van der Waals surface area (Å²) >= 11 is 0. The quantitative estimate of drug-likeness (QED) is 0.504. The molecular formula is C10H17N. The Morgan fingerprint density at radius 1 is 1.27 bits per heavy atom. The van der Waals surface area contributed by atoms with Gasteiger partial charge in [-0.25, -0.2) is 0 Å². The maximum atomic E-state index is 4.62. The van der Waals surface area contributed by atoms with Crippen LogP contribution in [0.5, 0.6) is 0 Å². The van der Waals surface area contributed by atoms with Crippen LogP contribution in [0.1, 0.15) is 39.0 Å². The van der Waals surface area contributed by atoms with Crippen molar-refractivity contribution in [3.8, 4) is 0 Å². The molecular weight excluding hydrogens is 134 g/mol. The summed E-state index contributed by atoms with van der Waals surface area (Å²) in [7, 11) is 0. The van der Waals surface area contributed by atoms with Gasteiger partial charge in [-0.1, -0.05) is 13.3 Å². The normalized spacial score (nSPS) is 37.7. The molecule has 0 unspecified atom stereocenters. The second kappa shape index (κ2) is 2.96. The highest BCUT2D eigenvalue weighted by Crippen LogP contribution is 2.32. The Morgan fingerprint density at radius 2 is 2.18 bits per heavy atom. The molecule has 1 aliphatic heterocycles. The van der Waals surface area contributed by atoms with E-state index in [1.54, 1.807) is 5.71 Å². The van der Waals surface area contributed by atoms with Gasteiger partial charge in [0.2, 0.25) is 0 Å². The third-order valence-corrected chi connectivity index (χ3v) is 3.21. The van der Waals surface area contributed by atoms with E-state index < -0.39 is 0 Å². The molecule has 1 heteroatoms. The lowest BCUT2D eigenvalue weighted by Gasteiger charge is -2.32. The Hall–Kier alpha value is -0.330. The van der Waals surface area contributed by atoms with Crippen LogP contribution in [-0.4, -0.2) is 12.3 Å². The van der Waals surface area contributed by atoms with Crippen molar-refractivity contribution in [3.63, 3.8) is 0 Å². The number of hydrogen-bond acceptors (Lipinski definition) is 1. The summed E-state index contributed by atoms with van der Waals surface area (Å²) < 4.78 is 0. The van der Waals surface area contributed by atoms with Crippen molar-refractivity contribution in [2.24, 2.45) is 16.8 Å². The summed E-state index contributed by atoms with van der Waals surface area (Å²) in [6, 6.07) is 0. The van der Waals surface area contributed by atoms with Gasteiger partial charge in [-0.05, 0) is 37.5 Å². The second-order valence-corrected chi connectivity index (χ2v) is 3.99. The van der Waals surface area contributed by atoms with Gasteiger partial charge >= 0.3 is 0 Å². The number of fused-ring (bicyclic) bond motifs is 1. The van der Waals surface area contributed by atoms with E-state index in [0.29, 0.717) is 0 Å². The number of rotatable bonds is 0. The average Bonchev–Trinajstić information content (AvgIpc) is 2.06. The van der Waals surface area contributed by atoms with Crippen LogP contribution in [0, 0.1) is 11.8 Å². The number of aliphatic imine (C=N–C) groups is 1. The van der Waals surface area contributed by atoms with Gasteiger partial charge in [-0.15, -0.1) is 0 Å². The lowest BCUT2D eigenvalue weighted by molar-refractivity contribution is 0.356. The smallest absolute Gasteiger partial charge is 0.0391 e. The molecule has 1 aliphatic carbocycles. The minimum Gasteiger partial charge on any atom is -0.294 e. The number of hydrogen-bond donors (Lipinski definition) is 0. The zero-order chi connectivity index (χ0) is 7.68. The topological polar surface area (TPSA) is 12.4 Å². The minimum atomic E-state index is 0.873. The molecule has 0 bridgehead atoms. The summed E-state index contributed by atoms with van der Waals surface area (Å²) in [5, 5.41) is 0. The van der Waals surface area contributed by atoms with Gasteiger partial charge in [0.1, 0.15) is 0 Å². The molecule has 2 atom stereocenters. The zero-order valence-corrected chi connectivity index (χ0v) is 7.34. The zero-order valence-electron chi connectivity index (χ0n) is 7.34. The van der Waals surface area contributed by atoms with E-state index in [-0.39, 0.29) is 0 Å². The highest BCUT2D eigenvalue weighted by molar-refractivity contribution is 5.88. The Labute approximate surface area is 68.9 Å². The first kappa shape index (κ1) is 7.33. The summed E-state index contributed by atoms with van der Waals surface area (Å²) in [4.78, 5) is 4.62. The Balaban J connectivity index is 2.13. The average molecular weight is 151 g/mol. The fourth-order valence-electron chi connectivity index (χ4n) is 2.44. The molecule has 62 valence electrons. The molecule has 0 aromatic rings. The SMILES string of the molecule is C[C@H]1CCN=C2CCCC[C@@H]21. The van der Waals surface area contributed by atoms with Gasteiger partial charge in [0.25, 0.3) is 0 Å². The van der Waals surface area contributed by atoms with Crippen LogP contribution in [0.3, 0.4) is 0 Å². The third kappa shape index (κ3) is 1.33. The lowest BCUT2D eigenvalue weighted by atomic mass is 9.76. The van der Waals surface area contributed by atoms with Crippen LogP contribution < -0.4 is 0 Å². The van der Waals surface area contributed by atoms with Crippen molar-refractivity contribution in [3.05, 3.63) is 0 Å². The molecule has 0 N–H and O–H groups in total. The Kier molecular flexibility index (Phi) is 1.97. The Bertz CT molecular complexity index is 172. The fraction of sp³-hybridized carbons (Fsp3) is 0.900. The lowest BCUT2D eigenvalue weighted by Crippen LogP contribution is -2.29. The van der Waals surface area contributed by atoms with Gasteiger partial charge in [0.15, 0.2) is 0 Å². The largest absolute Gasteiger partial charge is 0.294 e. The van der Waals surface area contributed by atoms with E-state index in [1.165, 1.54) is 32.1 Å². The molecule has 1 saturated carbocycles. The molecule has 1 fully saturated rings. The molecule has 1 heterocycles. The van der Waals surface area contributed by atoms with Crippen LogP contribution >= 0.6 is 0 Å².